The zero-order valence-electron chi connectivity index (χ0n) is 11.3. The number of hydrogen-bond acceptors (Lipinski definition) is 3. The van der Waals surface area contributed by atoms with Crippen molar-refractivity contribution in [1.82, 2.24) is 14.9 Å². The zero-order chi connectivity index (χ0) is 17.2. The Balaban J connectivity index is 2.84. The normalized spacial score (nSPS) is 15.5. The van der Waals surface area contributed by atoms with Crippen LogP contribution in [0.5, 0.6) is 0 Å². The van der Waals surface area contributed by atoms with E-state index in [9.17, 15) is 36.2 Å². The largest absolute Gasteiger partial charge is 0.425 e. The Morgan fingerprint density at radius 2 is 1.91 bits per heavy atom. The molecule has 11 heteroatoms. The summed E-state index contributed by atoms with van der Waals surface area (Å²) in [6.07, 6.45) is -10.5. The lowest BCUT2D eigenvalue weighted by molar-refractivity contribution is -0.271. The number of amides is 1. The lowest BCUT2D eigenvalue weighted by atomic mass is 9.97. The lowest BCUT2D eigenvalue weighted by Gasteiger charge is -2.29. The molecule has 1 rings (SSSR count). The second-order valence-corrected chi connectivity index (χ2v) is 4.61. The van der Waals surface area contributed by atoms with Gasteiger partial charge in [0.25, 0.3) is 0 Å². The van der Waals surface area contributed by atoms with Crippen molar-refractivity contribution in [1.29, 1.82) is 0 Å². The van der Waals surface area contributed by atoms with Gasteiger partial charge < -0.3 is 15.0 Å². The van der Waals surface area contributed by atoms with Gasteiger partial charge in [0.2, 0.25) is 11.5 Å². The number of aromatic nitrogens is 2. The van der Waals surface area contributed by atoms with Gasteiger partial charge in [0.05, 0.1) is 12.8 Å². The topological polar surface area (TPSA) is 67.1 Å². The van der Waals surface area contributed by atoms with Gasteiger partial charge in [0.1, 0.15) is 0 Å². The minimum atomic E-state index is -5.23. The van der Waals surface area contributed by atoms with E-state index in [1.165, 1.54) is 7.05 Å². The molecule has 22 heavy (non-hydrogen) atoms. The molecule has 0 radical (unpaired) electrons. The van der Waals surface area contributed by atoms with Crippen molar-refractivity contribution in [3.05, 3.63) is 18.2 Å². The third-order valence-electron chi connectivity index (χ3n) is 2.81. The molecule has 0 aliphatic rings. The fourth-order valence-corrected chi connectivity index (χ4v) is 1.71. The minimum absolute atomic E-state index is 0.828. The predicted molar refractivity (Wildman–Crippen MR) is 61.5 cm³/mol. The maximum Gasteiger partial charge on any atom is 0.425 e. The summed E-state index contributed by atoms with van der Waals surface area (Å²) in [5, 5.41) is 11.5. The molecule has 0 aromatic carbocycles. The van der Waals surface area contributed by atoms with Gasteiger partial charge in [-0.15, -0.1) is 0 Å². The first-order valence-corrected chi connectivity index (χ1v) is 5.97. The molecule has 0 aliphatic carbocycles. The molecule has 0 spiro atoms. The van der Waals surface area contributed by atoms with Crippen LogP contribution >= 0.6 is 0 Å². The molecule has 1 aromatic rings. The average Bonchev–Trinajstić information content (AvgIpc) is 2.72. The maximum absolute atomic E-state index is 13.1. The molecule has 5 nitrogen and oxygen atoms in total. The molecule has 1 heterocycles. The number of hydrogen-bond donors (Lipinski definition) is 2. The van der Waals surface area contributed by atoms with Gasteiger partial charge in [-0.2, -0.15) is 26.3 Å². The summed E-state index contributed by atoms with van der Waals surface area (Å²) >= 11 is 0. The van der Waals surface area contributed by atoms with E-state index in [0.29, 0.717) is 0 Å². The number of aryl methyl sites for hydroxylation is 1. The molecule has 0 aliphatic heterocycles. The van der Waals surface area contributed by atoms with Crippen LogP contribution in [0.1, 0.15) is 18.7 Å². The smallest absolute Gasteiger partial charge is 0.374 e. The van der Waals surface area contributed by atoms with Crippen LogP contribution in [0.4, 0.5) is 26.3 Å². The van der Waals surface area contributed by atoms with E-state index < -0.39 is 49.1 Å². The molecule has 126 valence electrons. The Hall–Kier alpha value is -1.78. The molecular weight excluding hydrogens is 320 g/mol. The lowest BCUT2D eigenvalue weighted by Crippen LogP contribution is -2.48. The summed E-state index contributed by atoms with van der Waals surface area (Å²) < 4.78 is 75.8. The van der Waals surface area contributed by atoms with E-state index in [0.717, 1.165) is 17.0 Å². The van der Waals surface area contributed by atoms with E-state index in [4.69, 9.17) is 0 Å². The Kier molecular flexibility index (Phi) is 5.10. The Morgan fingerprint density at radius 3 is 2.32 bits per heavy atom. The number of alkyl halides is 6. The fraction of sp³-hybridized carbons (Fsp3) is 0.636. The van der Waals surface area contributed by atoms with Crippen LogP contribution in [0.2, 0.25) is 0 Å². The number of nitrogens with zero attached hydrogens (tertiary/aromatic N) is 2. The van der Waals surface area contributed by atoms with Gasteiger partial charge in [-0.3, -0.25) is 4.79 Å². The van der Waals surface area contributed by atoms with E-state index in [2.05, 4.69) is 4.98 Å². The van der Waals surface area contributed by atoms with Gasteiger partial charge in [0.15, 0.2) is 5.82 Å². The highest BCUT2D eigenvalue weighted by atomic mass is 19.4. The maximum atomic E-state index is 13.1. The van der Waals surface area contributed by atoms with Gasteiger partial charge in [-0.25, -0.2) is 4.98 Å². The highest BCUT2D eigenvalue weighted by molar-refractivity contribution is 5.77. The monoisotopic (exact) mass is 333 g/mol. The van der Waals surface area contributed by atoms with Crippen LogP contribution in [-0.4, -0.2) is 39.5 Å². The Labute approximate surface area is 120 Å². The van der Waals surface area contributed by atoms with E-state index >= 15 is 0 Å². The summed E-state index contributed by atoms with van der Waals surface area (Å²) in [6, 6.07) is 0. The van der Waals surface area contributed by atoms with Crippen molar-refractivity contribution >= 4 is 5.91 Å². The number of rotatable bonds is 5. The minimum Gasteiger partial charge on any atom is -0.374 e. The van der Waals surface area contributed by atoms with Crippen LogP contribution in [0.25, 0.3) is 0 Å². The number of nitrogens with one attached hydrogen (secondary N) is 1. The van der Waals surface area contributed by atoms with Gasteiger partial charge >= 0.3 is 12.4 Å². The number of carbonyl (C=O) groups excluding carboxylic acids is 1. The van der Waals surface area contributed by atoms with Crippen molar-refractivity contribution in [3.63, 3.8) is 0 Å². The molecule has 1 aromatic heterocycles. The van der Waals surface area contributed by atoms with Crippen LogP contribution < -0.4 is 5.32 Å². The molecule has 2 N–H and O–H groups in total. The first kappa shape index (κ1) is 18.3. The number of aliphatic hydroxyl groups is 1. The highest BCUT2D eigenvalue weighted by Gasteiger charge is 2.58. The van der Waals surface area contributed by atoms with Crippen molar-refractivity contribution in [3.8, 4) is 0 Å². The second kappa shape index (κ2) is 6.15. The van der Waals surface area contributed by atoms with E-state index in [-0.39, 0.29) is 0 Å². The molecule has 1 unspecified atom stereocenters. The molecule has 0 saturated carbocycles. The SMILES string of the molecule is Cn1ccnc1C(O)(CC(=O)NCCC(F)(F)F)C(F)(F)F. The standard InChI is InChI=1S/C11H13F6N3O2/c1-20-5-4-19-8(20)9(22,11(15,16)17)6-7(21)18-3-2-10(12,13)14/h4-5,22H,2-3,6H2,1H3,(H,18,21). The third-order valence-corrected chi connectivity index (χ3v) is 2.81. The van der Waals surface area contributed by atoms with E-state index in [1.54, 1.807) is 5.32 Å². The van der Waals surface area contributed by atoms with Crippen LogP contribution in [0, 0.1) is 0 Å². The van der Waals surface area contributed by atoms with Crippen LogP contribution in [-0.2, 0) is 17.4 Å². The summed E-state index contributed by atoms with van der Waals surface area (Å²) in [6.45, 7) is -0.878. The van der Waals surface area contributed by atoms with Crippen molar-refractivity contribution < 1.29 is 36.2 Å². The Bertz CT molecular complexity index is 525. The van der Waals surface area contributed by atoms with Crippen molar-refractivity contribution in [2.45, 2.75) is 30.8 Å². The first-order valence-electron chi connectivity index (χ1n) is 5.97. The fourth-order valence-electron chi connectivity index (χ4n) is 1.71. The average molecular weight is 333 g/mol. The molecule has 1 atom stereocenters. The second-order valence-electron chi connectivity index (χ2n) is 4.61. The number of imidazole rings is 1. The van der Waals surface area contributed by atoms with Gasteiger partial charge in [-0.1, -0.05) is 0 Å². The molecular formula is C11H13F6N3O2. The van der Waals surface area contributed by atoms with Crippen LogP contribution in [0.3, 0.4) is 0 Å². The summed E-state index contributed by atoms with van der Waals surface area (Å²) in [7, 11) is 1.18. The van der Waals surface area contributed by atoms with Crippen LogP contribution in [0.15, 0.2) is 12.4 Å². The van der Waals surface area contributed by atoms with Crippen molar-refractivity contribution in [2.75, 3.05) is 6.54 Å². The molecule has 0 fully saturated rings. The highest BCUT2D eigenvalue weighted by Crippen LogP contribution is 2.40. The molecule has 0 saturated heterocycles. The van der Waals surface area contributed by atoms with Gasteiger partial charge in [0, 0.05) is 26.0 Å². The van der Waals surface area contributed by atoms with Crippen molar-refractivity contribution in [2.24, 2.45) is 7.05 Å². The first-order chi connectivity index (χ1) is 9.87. The molecule has 1 amide bonds. The van der Waals surface area contributed by atoms with Gasteiger partial charge in [-0.05, 0) is 0 Å². The summed E-state index contributed by atoms with van der Waals surface area (Å²) in [5.41, 5.74) is -3.59. The Morgan fingerprint density at radius 1 is 1.32 bits per heavy atom. The number of halogens is 6. The molecule has 0 bridgehead atoms. The number of carbonyl (C=O) groups is 1. The predicted octanol–water partition coefficient (Wildman–Crippen LogP) is 1.63. The summed E-state index contributed by atoms with van der Waals surface area (Å²) in [4.78, 5) is 14.8. The third kappa shape index (κ3) is 4.36. The summed E-state index contributed by atoms with van der Waals surface area (Å²) in [5.74, 6) is -2.20. The quantitative estimate of drug-likeness (QED) is 0.805. The van der Waals surface area contributed by atoms with E-state index in [1.807, 2.05) is 0 Å². The zero-order valence-corrected chi connectivity index (χ0v) is 11.3.